The van der Waals surface area contributed by atoms with E-state index in [1.54, 1.807) is 0 Å². The second kappa shape index (κ2) is 7.10. The van der Waals surface area contributed by atoms with Crippen molar-refractivity contribution in [3.8, 4) is 0 Å². The number of nitrogens with one attached hydrogen (secondary N) is 1. The van der Waals surface area contributed by atoms with Gasteiger partial charge >= 0.3 is 0 Å². The predicted octanol–water partition coefficient (Wildman–Crippen LogP) is 4.73. The summed E-state index contributed by atoms with van der Waals surface area (Å²) in [5.74, 6) is 0. The molecule has 1 saturated heterocycles. The number of aromatic nitrogens is 2. The molecule has 4 aromatic rings. The Hall–Kier alpha value is -3.17. The zero-order valence-electron chi connectivity index (χ0n) is 15.6. The minimum Gasteiger partial charge on any atom is -0.373 e. The number of ether oxygens (including phenoxy) is 1. The van der Waals surface area contributed by atoms with Gasteiger partial charge < -0.3 is 4.74 Å². The van der Waals surface area contributed by atoms with Gasteiger partial charge in [0, 0.05) is 12.6 Å². The van der Waals surface area contributed by atoms with E-state index in [0.29, 0.717) is 6.10 Å². The number of aromatic amines is 1. The molecule has 1 aromatic heterocycles. The molecular formula is C25H22N2O. The van der Waals surface area contributed by atoms with Gasteiger partial charge in [0.1, 0.15) is 0 Å². The van der Waals surface area contributed by atoms with E-state index >= 15 is 0 Å². The fourth-order valence-corrected chi connectivity index (χ4v) is 4.20. The predicted molar refractivity (Wildman–Crippen MR) is 110 cm³/mol. The number of epoxide rings is 1. The molecule has 1 aliphatic heterocycles. The molecule has 1 aliphatic rings. The van der Waals surface area contributed by atoms with Gasteiger partial charge in [0.25, 0.3) is 0 Å². The molecule has 2 heterocycles. The van der Waals surface area contributed by atoms with Crippen molar-refractivity contribution in [2.45, 2.75) is 17.9 Å². The van der Waals surface area contributed by atoms with E-state index in [1.807, 2.05) is 6.20 Å². The Morgan fingerprint density at radius 1 is 0.786 bits per heavy atom. The van der Waals surface area contributed by atoms with Crippen LogP contribution < -0.4 is 0 Å². The smallest absolute Gasteiger partial charge is 0.0895 e. The van der Waals surface area contributed by atoms with Crippen molar-refractivity contribution in [2.24, 2.45) is 0 Å². The maximum atomic E-state index is 5.52. The third kappa shape index (κ3) is 2.85. The van der Waals surface area contributed by atoms with Crippen LogP contribution in [0.25, 0.3) is 0 Å². The van der Waals surface area contributed by atoms with Crippen molar-refractivity contribution in [3.05, 3.63) is 125 Å². The maximum absolute atomic E-state index is 5.52. The van der Waals surface area contributed by atoms with Gasteiger partial charge in [0.2, 0.25) is 0 Å². The lowest BCUT2D eigenvalue weighted by atomic mass is 9.66. The van der Waals surface area contributed by atoms with Crippen molar-refractivity contribution in [1.82, 2.24) is 10.2 Å². The quantitative estimate of drug-likeness (QED) is 0.396. The summed E-state index contributed by atoms with van der Waals surface area (Å²) in [5.41, 5.74) is 5.38. The van der Waals surface area contributed by atoms with Crippen LogP contribution in [0, 0.1) is 0 Å². The van der Waals surface area contributed by atoms with E-state index in [9.17, 15) is 0 Å². The summed E-state index contributed by atoms with van der Waals surface area (Å²) in [7, 11) is 0. The molecule has 0 spiro atoms. The van der Waals surface area contributed by atoms with Crippen LogP contribution in [0.1, 0.15) is 27.9 Å². The average Bonchev–Trinajstić information content (AvgIpc) is 3.47. The van der Waals surface area contributed by atoms with E-state index in [4.69, 9.17) is 9.84 Å². The van der Waals surface area contributed by atoms with Gasteiger partial charge in [-0.05, 0) is 22.3 Å². The first-order valence-electron chi connectivity index (χ1n) is 9.70. The van der Waals surface area contributed by atoms with Crippen LogP contribution in [0.5, 0.6) is 0 Å². The molecule has 5 rings (SSSR count). The molecule has 1 N–H and O–H groups in total. The van der Waals surface area contributed by atoms with Crippen LogP contribution in [-0.2, 0) is 16.6 Å². The lowest BCUT2D eigenvalue weighted by Gasteiger charge is -2.35. The highest BCUT2D eigenvalue weighted by molar-refractivity contribution is 5.59. The van der Waals surface area contributed by atoms with E-state index in [0.717, 1.165) is 18.7 Å². The molecule has 1 fully saturated rings. The number of hydrogen-bond donors (Lipinski definition) is 1. The van der Waals surface area contributed by atoms with Gasteiger partial charge in [-0.2, -0.15) is 5.10 Å². The summed E-state index contributed by atoms with van der Waals surface area (Å²) in [5, 5.41) is 7.96. The second-order valence-electron chi connectivity index (χ2n) is 7.27. The third-order valence-electron chi connectivity index (χ3n) is 5.54. The highest BCUT2D eigenvalue weighted by Crippen LogP contribution is 2.45. The molecule has 0 radical (unpaired) electrons. The Morgan fingerprint density at radius 2 is 1.25 bits per heavy atom. The van der Waals surface area contributed by atoms with Gasteiger partial charge in [-0.1, -0.05) is 91.0 Å². The molecular weight excluding hydrogens is 344 g/mol. The molecule has 0 bridgehead atoms. The summed E-state index contributed by atoms with van der Waals surface area (Å²) in [6.07, 6.45) is 3.21. The monoisotopic (exact) mass is 366 g/mol. The van der Waals surface area contributed by atoms with Crippen LogP contribution in [0.4, 0.5) is 0 Å². The van der Waals surface area contributed by atoms with Crippen molar-refractivity contribution in [3.63, 3.8) is 0 Å². The number of benzene rings is 3. The van der Waals surface area contributed by atoms with Crippen LogP contribution >= 0.6 is 0 Å². The van der Waals surface area contributed by atoms with Gasteiger partial charge in [0.15, 0.2) is 0 Å². The van der Waals surface area contributed by atoms with E-state index in [-0.39, 0.29) is 0 Å². The van der Waals surface area contributed by atoms with Crippen molar-refractivity contribution < 1.29 is 4.74 Å². The van der Waals surface area contributed by atoms with Gasteiger partial charge in [-0.3, -0.25) is 5.10 Å². The number of hydrogen-bond acceptors (Lipinski definition) is 2. The molecule has 3 nitrogen and oxygen atoms in total. The Labute approximate surface area is 165 Å². The zero-order valence-corrected chi connectivity index (χ0v) is 15.6. The summed E-state index contributed by atoms with van der Waals surface area (Å²) in [6.45, 7) is 0.833. The normalized spacial score (nSPS) is 16.1. The molecule has 0 unspecified atom stereocenters. The van der Waals surface area contributed by atoms with Gasteiger partial charge in [0.05, 0.1) is 23.8 Å². The molecule has 3 aromatic carbocycles. The molecule has 3 heteroatoms. The minimum atomic E-state index is -0.492. The lowest BCUT2D eigenvalue weighted by molar-refractivity contribution is 0.407. The van der Waals surface area contributed by atoms with Crippen molar-refractivity contribution in [2.75, 3.05) is 6.61 Å². The molecule has 28 heavy (non-hydrogen) atoms. The molecule has 0 aliphatic carbocycles. The Morgan fingerprint density at radius 3 is 1.68 bits per heavy atom. The largest absolute Gasteiger partial charge is 0.373 e. The lowest BCUT2D eigenvalue weighted by Crippen LogP contribution is -2.32. The molecule has 1 atom stereocenters. The first-order chi connectivity index (χ1) is 13.9. The standard InChI is InChI=1S/C25H22N2O/c1-4-10-20(11-5-1)25(21-12-6-2-7-13-21,22-14-8-3-9-15-22)24-19(17-26-27-24)16-23-18-28-23/h1-15,17,23H,16,18H2,(H,26,27)/t23-/m0/s1. The molecule has 0 saturated carbocycles. The zero-order chi connectivity index (χ0) is 18.8. The van der Waals surface area contributed by atoms with E-state index < -0.39 is 5.41 Å². The fourth-order valence-electron chi connectivity index (χ4n) is 4.20. The van der Waals surface area contributed by atoms with Crippen molar-refractivity contribution in [1.29, 1.82) is 0 Å². The Kier molecular flexibility index (Phi) is 4.30. The van der Waals surface area contributed by atoms with Gasteiger partial charge in [-0.25, -0.2) is 0 Å². The number of rotatable bonds is 6. The molecule has 0 amide bonds. The summed E-state index contributed by atoms with van der Waals surface area (Å²) >= 11 is 0. The number of nitrogens with zero attached hydrogens (tertiary/aromatic N) is 1. The summed E-state index contributed by atoms with van der Waals surface area (Å²) in [4.78, 5) is 0. The van der Waals surface area contributed by atoms with Crippen LogP contribution in [0.2, 0.25) is 0 Å². The highest BCUT2D eigenvalue weighted by Gasteiger charge is 2.42. The third-order valence-corrected chi connectivity index (χ3v) is 5.54. The first-order valence-corrected chi connectivity index (χ1v) is 9.70. The summed E-state index contributed by atoms with van der Waals surface area (Å²) in [6, 6.07) is 32.0. The SMILES string of the molecule is c1ccc(C(c2ccccc2)(c2ccccc2)c2n[nH]cc2C[C@H]2CO2)cc1. The Balaban J connectivity index is 1.84. The van der Waals surface area contributed by atoms with Crippen LogP contribution in [0.15, 0.2) is 97.2 Å². The van der Waals surface area contributed by atoms with Crippen molar-refractivity contribution >= 4 is 0 Å². The van der Waals surface area contributed by atoms with Gasteiger partial charge in [-0.15, -0.1) is 0 Å². The summed E-state index contributed by atoms with van der Waals surface area (Å²) < 4.78 is 5.52. The highest BCUT2D eigenvalue weighted by atomic mass is 16.6. The Bertz CT molecular complexity index is 941. The van der Waals surface area contributed by atoms with E-state index in [1.165, 1.54) is 22.3 Å². The number of H-pyrrole nitrogens is 1. The first kappa shape index (κ1) is 17.0. The molecule has 138 valence electrons. The van der Waals surface area contributed by atoms with Crippen LogP contribution in [-0.4, -0.2) is 22.9 Å². The van der Waals surface area contributed by atoms with E-state index in [2.05, 4.69) is 96.1 Å². The maximum Gasteiger partial charge on any atom is 0.0895 e. The minimum absolute atomic E-state index is 0.302. The topological polar surface area (TPSA) is 41.2 Å². The second-order valence-corrected chi connectivity index (χ2v) is 7.27. The fraction of sp³-hybridized carbons (Fsp3) is 0.160. The van der Waals surface area contributed by atoms with Crippen LogP contribution in [0.3, 0.4) is 0 Å². The average molecular weight is 366 g/mol.